The number of aromatic nitrogens is 1. The summed E-state index contributed by atoms with van der Waals surface area (Å²) in [5.74, 6) is 1.98. The van der Waals surface area contributed by atoms with Crippen LogP contribution < -0.4 is 10.6 Å². The van der Waals surface area contributed by atoms with Crippen molar-refractivity contribution in [1.29, 1.82) is 0 Å². The van der Waals surface area contributed by atoms with Crippen molar-refractivity contribution in [3.8, 4) is 0 Å². The summed E-state index contributed by atoms with van der Waals surface area (Å²) >= 11 is 0. The fourth-order valence-electron chi connectivity index (χ4n) is 2.98. The maximum atomic E-state index is 12.3. The third-order valence-electron chi connectivity index (χ3n) is 4.58. The average molecular weight is 349 g/mol. The van der Waals surface area contributed by atoms with Crippen molar-refractivity contribution in [2.45, 2.75) is 65.0 Å². The smallest absolute Gasteiger partial charge is 0.224 e. The van der Waals surface area contributed by atoms with Gasteiger partial charge < -0.3 is 20.1 Å². The van der Waals surface area contributed by atoms with Crippen molar-refractivity contribution < 1.29 is 9.32 Å². The number of amides is 1. The van der Waals surface area contributed by atoms with E-state index in [9.17, 15) is 4.79 Å². The summed E-state index contributed by atoms with van der Waals surface area (Å²) in [6, 6.07) is 2.31. The van der Waals surface area contributed by atoms with Gasteiger partial charge in [-0.25, -0.2) is 0 Å². The van der Waals surface area contributed by atoms with E-state index in [1.165, 1.54) is 6.42 Å². The molecule has 1 aliphatic heterocycles. The lowest BCUT2D eigenvalue weighted by molar-refractivity contribution is -0.134. The lowest BCUT2D eigenvalue weighted by Crippen LogP contribution is -2.44. The minimum absolute atomic E-state index is 0.215. The second-order valence-corrected chi connectivity index (χ2v) is 6.91. The quantitative estimate of drug-likeness (QED) is 0.608. The second kappa shape index (κ2) is 9.44. The van der Waals surface area contributed by atoms with E-state index in [-0.39, 0.29) is 5.91 Å². The molecular formula is C18H31N5O2. The van der Waals surface area contributed by atoms with Gasteiger partial charge >= 0.3 is 0 Å². The monoisotopic (exact) mass is 349 g/mol. The van der Waals surface area contributed by atoms with Crippen molar-refractivity contribution in [2.24, 2.45) is 4.99 Å². The van der Waals surface area contributed by atoms with Crippen LogP contribution in [0, 0.1) is 0 Å². The van der Waals surface area contributed by atoms with E-state index in [0.717, 1.165) is 30.8 Å². The molecule has 1 aliphatic rings. The number of nitrogens with one attached hydrogen (secondary N) is 2. The number of piperidine rings is 1. The van der Waals surface area contributed by atoms with Crippen LogP contribution in [-0.2, 0) is 11.3 Å². The Morgan fingerprint density at radius 1 is 1.44 bits per heavy atom. The largest absolute Gasteiger partial charge is 0.359 e. The predicted molar refractivity (Wildman–Crippen MR) is 98.4 cm³/mol. The van der Waals surface area contributed by atoms with Crippen LogP contribution in [0.1, 0.15) is 63.8 Å². The summed E-state index contributed by atoms with van der Waals surface area (Å²) in [6.45, 7) is 8.25. The Kier molecular flexibility index (Phi) is 7.28. The first-order valence-electron chi connectivity index (χ1n) is 9.20. The van der Waals surface area contributed by atoms with E-state index < -0.39 is 0 Å². The molecule has 1 unspecified atom stereocenters. The topological polar surface area (TPSA) is 82.8 Å². The number of nitrogens with zero attached hydrogens (tertiary/aromatic N) is 3. The molecule has 140 valence electrons. The van der Waals surface area contributed by atoms with Crippen molar-refractivity contribution in [3.63, 3.8) is 0 Å². The number of carbonyl (C=O) groups is 1. The summed E-state index contributed by atoms with van der Waals surface area (Å²) in [4.78, 5) is 18.5. The Morgan fingerprint density at radius 3 is 2.88 bits per heavy atom. The molecule has 1 amide bonds. The molecule has 2 heterocycles. The van der Waals surface area contributed by atoms with E-state index in [0.29, 0.717) is 37.4 Å². The second-order valence-electron chi connectivity index (χ2n) is 6.91. The number of likely N-dealkylation sites (tertiary alicyclic amines) is 1. The van der Waals surface area contributed by atoms with Gasteiger partial charge in [0.25, 0.3) is 0 Å². The summed E-state index contributed by atoms with van der Waals surface area (Å²) in [7, 11) is 1.71. The van der Waals surface area contributed by atoms with Gasteiger partial charge in [0.2, 0.25) is 5.91 Å². The Bertz CT molecular complexity index is 582. The molecule has 25 heavy (non-hydrogen) atoms. The van der Waals surface area contributed by atoms with Gasteiger partial charge in [0.15, 0.2) is 11.7 Å². The summed E-state index contributed by atoms with van der Waals surface area (Å²) in [5, 5.41) is 10.4. The van der Waals surface area contributed by atoms with Crippen LogP contribution >= 0.6 is 0 Å². The molecule has 0 bridgehead atoms. The van der Waals surface area contributed by atoms with Crippen LogP contribution in [0.2, 0.25) is 0 Å². The van der Waals surface area contributed by atoms with Gasteiger partial charge in [-0.1, -0.05) is 19.0 Å². The van der Waals surface area contributed by atoms with E-state index in [2.05, 4.69) is 41.6 Å². The number of guanidine groups is 1. The van der Waals surface area contributed by atoms with Crippen LogP contribution in [0.15, 0.2) is 15.6 Å². The number of aliphatic imine (C=N–C) groups is 1. The third-order valence-corrected chi connectivity index (χ3v) is 4.58. The number of hydrogen-bond acceptors (Lipinski definition) is 4. The Morgan fingerprint density at radius 2 is 2.24 bits per heavy atom. The Balaban J connectivity index is 1.71. The zero-order valence-corrected chi connectivity index (χ0v) is 15.8. The number of rotatable bonds is 6. The molecule has 2 N–H and O–H groups in total. The van der Waals surface area contributed by atoms with Crippen LogP contribution in [0.3, 0.4) is 0 Å². The van der Waals surface area contributed by atoms with Crippen molar-refractivity contribution >= 4 is 11.9 Å². The Hall–Kier alpha value is -2.05. The lowest BCUT2D eigenvalue weighted by atomic mass is 10.0. The predicted octanol–water partition coefficient (Wildman–Crippen LogP) is 2.25. The molecule has 1 aromatic rings. The zero-order chi connectivity index (χ0) is 18.2. The summed E-state index contributed by atoms with van der Waals surface area (Å²) < 4.78 is 5.30. The highest BCUT2D eigenvalue weighted by Gasteiger charge is 2.22. The molecule has 0 aromatic carbocycles. The van der Waals surface area contributed by atoms with Gasteiger partial charge in [0.1, 0.15) is 0 Å². The van der Waals surface area contributed by atoms with Gasteiger partial charge in [-0.05, 0) is 32.1 Å². The SMILES string of the molecule is CN=C(NCCC(=O)N1CCCCC1C)NCc1cc(C(C)C)no1. The highest BCUT2D eigenvalue weighted by molar-refractivity contribution is 5.81. The first kappa shape index (κ1) is 19.3. The van der Waals surface area contributed by atoms with Gasteiger partial charge in [-0.15, -0.1) is 0 Å². The molecule has 7 nitrogen and oxygen atoms in total. The molecule has 1 aromatic heterocycles. The highest BCUT2D eigenvalue weighted by atomic mass is 16.5. The fourth-order valence-corrected chi connectivity index (χ4v) is 2.98. The molecule has 0 radical (unpaired) electrons. The first-order chi connectivity index (χ1) is 12.0. The molecule has 0 spiro atoms. The summed E-state index contributed by atoms with van der Waals surface area (Å²) in [6.07, 6.45) is 3.92. The molecule has 0 saturated carbocycles. The van der Waals surface area contributed by atoms with Gasteiger partial charge in [0.05, 0.1) is 12.2 Å². The van der Waals surface area contributed by atoms with Crippen molar-refractivity contribution in [1.82, 2.24) is 20.7 Å². The van der Waals surface area contributed by atoms with E-state index in [4.69, 9.17) is 4.52 Å². The van der Waals surface area contributed by atoms with Crippen LogP contribution in [0.4, 0.5) is 0 Å². The number of hydrogen-bond donors (Lipinski definition) is 2. The first-order valence-corrected chi connectivity index (χ1v) is 9.20. The van der Waals surface area contributed by atoms with Crippen LogP contribution in [0.5, 0.6) is 0 Å². The van der Waals surface area contributed by atoms with Crippen LogP contribution in [-0.4, -0.2) is 48.1 Å². The minimum Gasteiger partial charge on any atom is -0.359 e. The molecule has 1 fully saturated rings. The third kappa shape index (κ3) is 5.76. The van der Waals surface area contributed by atoms with Gasteiger partial charge in [-0.2, -0.15) is 0 Å². The minimum atomic E-state index is 0.215. The standard InChI is InChI=1S/C18H31N5O2/c1-13(2)16-11-15(25-22-16)12-21-18(19-4)20-9-8-17(24)23-10-6-5-7-14(23)3/h11,13-14H,5-10,12H2,1-4H3,(H2,19,20,21). The Labute approximate surface area is 150 Å². The van der Waals surface area contributed by atoms with E-state index >= 15 is 0 Å². The molecular weight excluding hydrogens is 318 g/mol. The highest BCUT2D eigenvalue weighted by Crippen LogP contribution is 2.17. The van der Waals surface area contributed by atoms with Gasteiger partial charge in [0, 0.05) is 38.7 Å². The fraction of sp³-hybridized carbons (Fsp3) is 0.722. The molecule has 1 atom stereocenters. The van der Waals surface area contributed by atoms with Crippen molar-refractivity contribution in [3.05, 3.63) is 17.5 Å². The van der Waals surface area contributed by atoms with Gasteiger partial charge in [-0.3, -0.25) is 9.79 Å². The maximum absolute atomic E-state index is 12.3. The maximum Gasteiger partial charge on any atom is 0.224 e. The lowest BCUT2D eigenvalue weighted by Gasteiger charge is -2.33. The molecule has 7 heteroatoms. The number of carbonyl (C=O) groups excluding carboxylic acids is 1. The zero-order valence-electron chi connectivity index (χ0n) is 15.8. The summed E-state index contributed by atoms with van der Waals surface area (Å²) in [5.41, 5.74) is 0.945. The van der Waals surface area contributed by atoms with Crippen LogP contribution in [0.25, 0.3) is 0 Å². The molecule has 1 saturated heterocycles. The molecule has 2 rings (SSSR count). The molecule has 0 aliphatic carbocycles. The van der Waals surface area contributed by atoms with E-state index in [1.807, 2.05) is 11.0 Å². The average Bonchev–Trinajstić information content (AvgIpc) is 3.07. The normalized spacial score (nSPS) is 18.5. The van der Waals surface area contributed by atoms with E-state index in [1.54, 1.807) is 7.05 Å². The van der Waals surface area contributed by atoms with Crippen molar-refractivity contribution in [2.75, 3.05) is 20.1 Å².